The third-order valence-corrected chi connectivity index (χ3v) is 0.983. The average Bonchev–Trinajstić information content (AvgIpc) is 1.93. The SMILES string of the molecule is CC.COC(C)(C)OC. The molecule has 0 aromatic heterocycles. The fourth-order valence-electron chi connectivity index (χ4n) is 0.0833. The molecule has 0 fully saturated rings. The lowest BCUT2D eigenvalue weighted by molar-refractivity contribution is -0.178. The molecule has 0 aromatic rings. The van der Waals surface area contributed by atoms with E-state index in [1.807, 2.05) is 27.7 Å². The topological polar surface area (TPSA) is 18.5 Å². The molecule has 0 radical (unpaired) electrons. The molecule has 0 N–H and O–H groups in total. The van der Waals surface area contributed by atoms with Crippen LogP contribution in [0.25, 0.3) is 0 Å². The van der Waals surface area contributed by atoms with E-state index in [2.05, 4.69) is 0 Å². The lowest BCUT2D eigenvalue weighted by atomic mass is 10.4. The number of hydrogen-bond donors (Lipinski definition) is 0. The highest BCUT2D eigenvalue weighted by atomic mass is 16.7. The smallest absolute Gasteiger partial charge is 0.161 e. The Labute approximate surface area is 58.2 Å². The molecule has 0 atom stereocenters. The second-order valence-corrected chi connectivity index (χ2v) is 1.81. The van der Waals surface area contributed by atoms with Gasteiger partial charge >= 0.3 is 0 Å². The molecule has 2 heteroatoms. The predicted molar refractivity (Wildman–Crippen MR) is 39.4 cm³/mol. The number of ether oxygens (including phenoxy) is 2. The van der Waals surface area contributed by atoms with E-state index in [0.717, 1.165) is 0 Å². The normalized spacial score (nSPS) is 10.0. The van der Waals surface area contributed by atoms with E-state index in [9.17, 15) is 0 Å². The summed E-state index contributed by atoms with van der Waals surface area (Å²) < 4.78 is 9.73. The van der Waals surface area contributed by atoms with Gasteiger partial charge < -0.3 is 9.47 Å². The van der Waals surface area contributed by atoms with Crippen LogP contribution in [0.4, 0.5) is 0 Å². The maximum atomic E-state index is 4.86. The van der Waals surface area contributed by atoms with Crippen LogP contribution >= 0.6 is 0 Å². The van der Waals surface area contributed by atoms with Gasteiger partial charge in [-0.25, -0.2) is 0 Å². The molecule has 0 bridgehead atoms. The zero-order valence-electron chi connectivity index (χ0n) is 7.32. The molecule has 0 saturated heterocycles. The van der Waals surface area contributed by atoms with Gasteiger partial charge in [-0.3, -0.25) is 0 Å². The van der Waals surface area contributed by atoms with Crippen LogP contribution in [0.2, 0.25) is 0 Å². The summed E-state index contributed by atoms with van der Waals surface area (Å²) in [6.45, 7) is 7.71. The second-order valence-electron chi connectivity index (χ2n) is 1.81. The minimum absolute atomic E-state index is 0.417. The minimum Gasteiger partial charge on any atom is -0.354 e. The fraction of sp³-hybridized carbons (Fsp3) is 1.00. The molecule has 0 amide bonds. The van der Waals surface area contributed by atoms with Crippen LogP contribution < -0.4 is 0 Å². The van der Waals surface area contributed by atoms with E-state index in [4.69, 9.17) is 9.47 Å². The van der Waals surface area contributed by atoms with Crippen molar-refractivity contribution in [1.29, 1.82) is 0 Å². The van der Waals surface area contributed by atoms with Gasteiger partial charge in [0.2, 0.25) is 0 Å². The molecule has 0 rings (SSSR count). The number of hydrogen-bond acceptors (Lipinski definition) is 2. The molecule has 58 valence electrons. The van der Waals surface area contributed by atoms with E-state index < -0.39 is 5.79 Å². The Morgan fingerprint density at radius 1 is 0.889 bits per heavy atom. The Bertz CT molecular complexity index is 44.9. The molecular weight excluding hydrogens is 116 g/mol. The highest BCUT2D eigenvalue weighted by Crippen LogP contribution is 2.05. The Kier molecular flexibility index (Phi) is 7.85. The molecule has 0 saturated carbocycles. The van der Waals surface area contributed by atoms with E-state index in [0.29, 0.717) is 0 Å². The zero-order chi connectivity index (χ0) is 7.91. The third kappa shape index (κ3) is 7.92. The van der Waals surface area contributed by atoms with Gasteiger partial charge in [-0.2, -0.15) is 0 Å². The minimum atomic E-state index is -0.417. The number of rotatable bonds is 2. The standard InChI is InChI=1S/C5H12O2.C2H6/c1-5(2,6-3)7-4;1-2/h1-4H3;1-2H3. The molecule has 2 nitrogen and oxygen atoms in total. The van der Waals surface area contributed by atoms with Crippen LogP contribution in [-0.4, -0.2) is 20.0 Å². The van der Waals surface area contributed by atoms with Gasteiger partial charge in [0.1, 0.15) is 0 Å². The van der Waals surface area contributed by atoms with Gasteiger partial charge in [0.15, 0.2) is 5.79 Å². The van der Waals surface area contributed by atoms with Crippen LogP contribution in [0.15, 0.2) is 0 Å². The molecule has 9 heavy (non-hydrogen) atoms. The highest BCUT2D eigenvalue weighted by molar-refractivity contribution is 4.47. The fourth-order valence-corrected chi connectivity index (χ4v) is 0.0833. The summed E-state index contributed by atoms with van der Waals surface area (Å²) in [4.78, 5) is 0. The van der Waals surface area contributed by atoms with Crippen molar-refractivity contribution in [2.75, 3.05) is 14.2 Å². The maximum Gasteiger partial charge on any atom is 0.161 e. The highest BCUT2D eigenvalue weighted by Gasteiger charge is 2.11. The molecule has 0 heterocycles. The van der Waals surface area contributed by atoms with Crippen LogP contribution in [-0.2, 0) is 9.47 Å². The lowest BCUT2D eigenvalue weighted by Gasteiger charge is -2.19. The zero-order valence-corrected chi connectivity index (χ0v) is 7.32. The predicted octanol–water partition coefficient (Wildman–Crippen LogP) is 2.04. The first-order chi connectivity index (χ1) is 4.12. The summed E-state index contributed by atoms with van der Waals surface area (Å²) >= 11 is 0. The van der Waals surface area contributed by atoms with Crippen molar-refractivity contribution in [3.8, 4) is 0 Å². The van der Waals surface area contributed by atoms with Gasteiger partial charge in [0.25, 0.3) is 0 Å². The Hall–Kier alpha value is -0.0800. The first kappa shape index (κ1) is 11.7. The molecule has 0 unspecified atom stereocenters. The van der Waals surface area contributed by atoms with Gasteiger partial charge in [-0.1, -0.05) is 13.8 Å². The molecule has 0 aliphatic heterocycles. The molecule has 0 aromatic carbocycles. The van der Waals surface area contributed by atoms with Crippen molar-refractivity contribution < 1.29 is 9.47 Å². The van der Waals surface area contributed by atoms with E-state index in [1.54, 1.807) is 14.2 Å². The van der Waals surface area contributed by atoms with E-state index >= 15 is 0 Å². The van der Waals surface area contributed by atoms with Crippen molar-refractivity contribution in [2.24, 2.45) is 0 Å². The average molecular weight is 134 g/mol. The Balaban J connectivity index is 0. The Morgan fingerprint density at radius 3 is 1.11 bits per heavy atom. The molecular formula is C7H18O2. The summed E-state index contributed by atoms with van der Waals surface area (Å²) in [5, 5.41) is 0. The van der Waals surface area contributed by atoms with Crippen molar-refractivity contribution in [3.63, 3.8) is 0 Å². The van der Waals surface area contributed by atoms with Crippen molar-refractivity contribution in [3.05, 3.63) is 0 Å². The number of methoxy groups -OCH3 is 2. The molecule has 0 aliphatic rings. The third-order valence-electron chi connectivity index (χ3n) is 0.983. The first-order valence-corrected chi connectivity index (χ1v) is 3.22. The lowest BCUT2D eigenvalue weighted by Crippen LogP contribution is -2.24. The van der Waals surface area contributed by atoms with Gasteiger partial charge in [-0.05, 0) is 13.8 Å². The van der Waals surface area contributed by atoms with Crippen LogP contribution in [0.3, 0.4) is 0 Å². The molecule has 0 spiro atoms. The van der Waals surface area contributed by atoms with Crippen LogP contribution in [0, 0.1) is 0 Å². The summed E-state index contributed by atoms with van der Waals surface area (Å²) in [5.74, 6) is -0.417. The quantitative estimate of drug-likeness (QED) is 0.538. The van der Waals surface area contributed by atoms with Gasteiger partial charge in [-0.15, -0.1) is 0 Å². The summed E-state index contributed by atoms with van der Waals surface area (Å²) in [6, 6.07) is 0. The van der Waals surface area contributed by atoms with Crippen LogP contribution in [0.1, 0.15) is 27.7 Å². The summed E-state index contributed by atoms with van der Waals surface area (Å²) in [5.41, 5.74) is 0. The van der Waals surface area contributed by atoms with Gasteiger partial charge in [0, 0.05) is 14.2 Å². The second kappa shape index (κ2) is 6.05. The van der Waals surface area contributed by atoms with Gasteiger partial charge in [0.05, 0.1) is 0 Å². The first-order valence-electron chi connectivity index (χ1n) is 3.22. The van der Waals surface area contributed by atoms with Crippen LogP contribution in [0.5, 0.6) is 0 Å². The molecule has 0 aliphatic carbocycles. The van der Waals surface area contributed by atoms with Crippen molar-refractivity contribution in [1.82, 2.24) is 0 Å². The summed E-state index contributed by atoms with van der Waals surface area (Å²) in [7, 11) is 3.23. The monoisotopic (exact) mass is 134 g/mol. The van der Waals surface area contributed by atoms with Crippen molar-refractivity contribution >= 4 is 0 Å². The maximum absolute atomic E-state index is 4.86. The summed E-state index contributed by atoms with van der Waals surface area (Å²) in [6.07, 6.45) is 0. The Morgan fingerprint density at radius 2 is 1.11 bits per heavy atom. The van der Waals surface area contributed by atoms with E-state index in [-0.39, 0.29) is 0 Å². The van der Waals surface area contributed by atoms with E-state index in [1.165, 1.54) is 0 Å². The largest absolute Gasteiger partial charge is 0.354 e. The van der Waals surface area contributed by atoms with Crippen molar-refractivity contribution in [2.45, 2.75) is 33.5 Å².